The lowest BCUT2D eigenvalue weighted by Gasteiger charge is -2.13. The molecular formula is C12H17FN4S. The molecule has 1 fully saturated rings. The van der Waals surface area contributed by atoms with Crippen LogP contribution in [0.5, 0.6) is 0 Å². The Kier molecular flexibility index (Phi) is 4.54. The number of nitrogens with zero attached hydrogens (tertiary/aromatic N) is 2. The second-order valence-corrected chi connectivity index (χ2v) is 4.94. The van der Waals surface area contributed by atoms with E-state index in [1.54, 1.807) is 6.20 Å². The molecule has 1 aromatic rings. The SMILES string of the molecule is C=C(CC)C1CC(Nc2cncc(SF)n2)CN1. The average Bonchev–Trinajstić information content (AvgIpc) is 2.86. The van der Waals surface area contributed by atoms with E-state index >= 15 is 0 Å². The van der Waals surface area contributed by atoms with Crippen molar-refractivity contribution in [1.29, 1.82) is 0 Å². The second kappa shape index (κ2) is 6.15. The highest BCUT2D eigenvalue weighted by Gasteiger charge is 2.25. The third-order valence-electron chi connectivity index (χ3n) is 3.12. The molecule has 4 nitrogen and oxygen atoms in total. The summed E-state index contributed by atoms with van der Waals surface area (Å²) in [4.78, 5) is 8.05. The molecule has 2 N–H and O–H groups in total. The fourth-order valence-corrected chi connectivity index (χ4v) is 2.30. The molecule has 1 saturated heterocycles. The Bertz CT molecular complexity index is 426. The third kappa shape index (κ3) is 3.20. The van der Waals surface area contributed by atoms with Gasteiger partial charge in [-0.05, 0) is 12.8 Å². The lowest BCUT2D eigenvalue weighted by molar-refractivity contribution is 0.667. The van der Waals surface area contributed by atoms with Crippen molar-refractivity contribution in [3.8, 4) is 0 Å². The van der Waals surface area contributed by atoms with Crippen LogP contribution < -0.4 is 10.6 Å². The summed E-state index contributed by atoms with van der Waals surface area (Å²) >= 11 is 0.107. The van der Waals surface area contributed by atoms with Gasteiger partial charge in [-0.3, -0.25) is 4.98 Å². The lowest BCUT2D eigenvalue weighted by atomic mass is 10.0. The molecule has 1 aromatic heterocycles. The zero-order valence-electron chi connectivity index (χ0n) is 10.3. The molecule has 2 heterocycles. The van der Waals surface area contributed by atoms with Crippen molar-refractivity contribution in [1.82, 2.24) is 15.3 Å². The van der Waals surface area contributed by atoms with Crippen molar-refractivity contribution < 1.29 is 3.89 Å². The fraction of sp³-hybridized carbons (Fsp3) is 0.500. The van der Waals surface area contributed by atoms with Crippen molar-refractivity contribution in [2.45, 2.75) is 36.9 Å². The monoisotopic (exact) mass is 268 g/mol. The molecule has 0 aromatic carbocycles. The van der Waals surface area contributed by atoms with E-state index in [-0.39, 0.29) is 23.2 Å². The van der Waals surface area contributed by atoms with Gasteiger partial charge in [0, 0.05) is 18.6 Å². The van der Waals surface area contributed by atoms with Crippen LogP contribution >= 0.6 is 12.1 Å². The summed E-state index contributed by atoms with van der Waals surface area (Å²) in [6, 6.07) is 0.645. The van der Waals surface area contributed by atoms with Gasteiger partial charge in [0.25, 0.3) is 0 Å². The number of halogens is 1. The van der Waals surface area contributed by atoms with Gasteiger partial charge in [0.1, 0.15) is 23.0 Å². The molecule has 0 amide bonds. The summed E-state index contributed by atoms with van der Waals surface area (Å²) < 4.78 is 12.4. The van der Waals surface area contributed by atoms with Gasteiger partial charge >= 0.3 is 0 Å². The first-order valence-corrected chi connectivity index (χ1v) is 6.72. The van der Waals surface area contributed by atoms with Gasteiger partial charge in [-0.2, -0.15) is 3.89 Å². The van der Waals surface area contributed by atoms with Gasteiger partial charge in [0.2, 0.25) is 0 Å². The zero-order chi connectivity index (χ0) is 13.0. The summed E-state index contributed by atoms with van der Waals surface area (Å²) in [6.07, 6.45) is 4.98. The fourth-order valence-electron chi connectivity index (χ4n) is 2.07. The standard InChI is InChI=1S/C12H17FN4S/c1-3-8(2)10-4-9(5-15-10)16-11-6-14-7-12(17-11)18-13/h6-7,9-10,15H,2-5H2,1H3,(H,16,17). The molecule has 0 bridgehead atoms. The highest BCUT2D eigenvalue weighted by Crippen LogP contribution is 2.20. The van der Waals surface area contributed by atoms with Gasteiger partial charge in [-0.15, -0.1) is 0 Å². The van der Waals surface area contributed by atoms with Crippen LogP contribution in [0.15, 0.2) is 29.6 Å². The summed E-state index contributed by atoms with van der Waals surface area (Å²) in [7, 11) is 0. The Morgan fingerprint density at radius 1 is 1.67 bits per heavy atom. The van der Waals surface area contributed by atoms with Crippen molar-refractivity contribution >= 4 is 18.0 Å². The van der Waals surface area contributed by atoms with Crippen LogP contribution in [-0.2, 0) is 0 Å². The van der Waals surface area contributed by atoms with Crippen LogP contribution in [0.1, 0.15) is 19.8 Å². The first-order chi connectivity index (χ1) is 8.72. The van der Waals surface area contributed by atoms with E-state index in [0.717, 1.165) is 19.4 Å². The molecule has 98 valence electrons. The Morgan fingerprint density at radius 3 is 3.22 bits per heavy atom. The molecule has 6 heteroatoms. The van der Waals surface area contributed by atoms with E-state index in [4.69, 9.17) is 0 Å². The lowest BCUT2D eigenvalue weighted by Crippen LogP contribution is -2.24. The molecule has 1 aliphatic rings. The highest BCUT2D eigenvalue weighted by atomic mass is 32.2. The number of aromatic nitrogens is 2. The predicted octanol–water partition coefficient (Wildman–Crippen LogP) is 2.56. The van der Waals surface area contributed by atoms with Crippen LogP contribution in [0.4, 0.5) is 9.70 Å². The minimum atomic E-state index is 0.107. The molecule has 0 aliphatic carbocycles. The summed E-state index contributed by atoms with van der Waals surface area (Å²) in [5.41, 5.74) is 1.22. The van der Waals surface area contributed by atoms with E-state index in [1.165, 1.54) is 11.8 Å². The van der Waals surface area contributed by atoms with Crippen molar-refractivity contribution in [2.24, 2.45) is 0 Å². The Morgan fingerprint density at radius 2 is 2.50 bits per heavy atom. The number of rotatable bonds is 5. The van der Waals surface area contributed by atoms with Crippen LogP contribution in [0, 0.1) is 0 Å². The number of hydrogen-bond donors (Lipinski definition) is 2. The molecular weight excluding hydrogens is 251 g/mol. The number of anilines is 1. The summed E-state index contributed by atoms with van der Waals surface area (Å²) in [5, 5.41) is 6.96. The van der Waals surface area contributed by atoms with Gasteiger partial charge in [0.05, 0.1) is 12.4 Å². The molecule has 18 heavy (non-hydrogen) atoms. The van der Waals surface area contributed by atoms with Gasteiger partial charge in [-0.1, -0.05) is 19.1 Å². The average molecular weight is 268 g/mol. The summed E-state index contributed by atoms with van der Waals surface area (Å²) in [5.74, 6) is 0.618. The van der Waals surface area contributed by atoms with Crippen LogP contribution in [-0.4, -0.2) is 28.6 Å². The van der Waals surface area contributed by atoms with E-state index in [1.807, 2.05) is 0 Å². The van der Waals surface area contributed by atoms with Crippen molar-refractivity contribution in [2.75, 3.05) is 11.9 Å². The van der Waals surface area contributed by atoms with E-state index in [2.05, 4.69) is 34.1 Å². The quantitative estimate of drug-likeness (QED) is 0.804. The smallest absolute Gasteiger partial charge is 0.149 e. The Hall–Kier alpha value is -1.14. The second-order valence-electron chi connectivity index (χ2n) is 4.37. The molecule has 2 unspecified atom stereocenters. The van der Waals surface area contributed by atoms with Crippen molar-refractivity contribution in [3.05, 3.63) is 24.5 Å². The van der Waals surface area contributed by atoms with Gasteiger partial charge in [-0.25, -0.2) is 4.98 Å². The zero-order valence-corrected chi connectivity index (χ0v) is 11.1. The normalized spacial score (nSPS) is 23.0. The maximum absolute atomic E-state index is 12.4. The number of nitrogens with one attached hydrogen (secondary N) is 2. The maximum atomic E-state index is 12.4. The first-order valence-electron chi connectivity index (χ1n) is 6.01. The first kappa shape index (κ1) is 13.3. The van der Waals surface area contributed by atoms with Crippen LogP contribution in [0.25, 0.3) is 0 Å². The maximum Gasteiger partial charge on any atom is 0.149 e. The highest BCUT2D eigenvalue weighted by molar-refractivity contribution is 7.94. The largest absolute Gasteiger partial charge is 0.365 e. The molecule has 2 rings (SSSR count). The molecule has 1 aliphatic heterocycles. The topological polar surface area (TPSA) is 49.8 Å². The van der Waals surface area contributed by atoms with E-state index in [9.17, 15) is 3.89 Å². The van der Waals surface area contributed by atoms with Crippen LogP contribution in [0.3, 0.4) is 0 Å². The van der Waals surface area contributed by atoms with Crippen molar-refractivity contribution in [3.63, 3.8) is 0 Å². The minimum absolute atomic E-state index is 0.107. The molecule has 0 spiro atoms. The van der Waals surface area contributed by atoms with Crippen LogP contribution in [0.2, 0.25) is 0 Å². The van der Waals surface area contributed by atoms with Gasteiger partial charge < -0.3 is 10.6 Å². The van der Waals surface area contributed by atoms with Gasteiger partial charge in [0.15, 0.2) is 0 Å². The Balaban J connectivity index is 1.92. The third-order valence-corrected chi connectivity index (χ3v) is 3.48. The van der Waals surface area contributed by atoms with E-state index in [0.29, 0.717) is 11.9 Å². The molecule has 0 radical (unpaired) electrons. The predicted molar refractivity (Wildman–Crippen MR) is 72.2 cm³/mol. The summed E-state index contributed by atoms with van der Waals surface area (Å²) in [6.45, 7) is 7.02. The molecule has 2 atom stereocenters. The number of hydrogen-bond acceptors (Lipinski definition) is 5. The van der Waals surface area contributed by atoms with E-state index < -0.39 is 0 Å². The minimum Gasteiger partial charge on any atom is -0.365 e. The Labute approximate surface area is 111 Å². The molecule has 0 saturated carbocycles.